The molecule has 1 aromatic rings. The number of aromatic carboxylic acids is 1. The number of hydrogen-bond acceptors (Lipinski definition) is 4. The van der Waals surface area contributed by atoms with Crippen LogP contribution in [0.4, 0.5) is 0 Å². The lowest BCUT2D eigenvalue weighted by Crippen LogP contribution is -2.09. The molecule has 0 saturated heterocycles. The van der Waals surface area contributed by atoms with Gasteiger partial charge in [-0.15, -0.1) is 0 Å². The fraction of sp³-hybridized carbons (Fsp3) is 0.111. The highest BCUT2D eigenvalue weighted by atomic mass is 16.4. The molecule has 4 N–H and O–H groups in total. The molecule has 0 bridgehead atoms. The summed E-state index contributed by atoms with van der Waals surface area (Å²) in [6.07, 6.45) is 0. The fourth-order valence-corrected chi connectivity index (χ4v) is 1.16. The summed E-state index contributed by atoms with van der Waals surface area (Å²) in [4.78, 5) is 10.8. The number of aromatic hydroxyl groups is 1. The van der Waals surface area contributed by atoms with Crippen LogP contribution in [0.3, 0.4) is 0 Å². The zero-order valence-electron chi connectivity index (χ0n) is 7.19. The quantitative estimate of drug-likeness (QED) is 0.629. The Balaban J connectivity index is 3.54. The number of benzene rings is 1. The Labute approximate surface area is 80.0 Å². The number of carbonyl (C=O) groups is 1. The van der Waals surface area contributed by atoms with E-state index in [4.69, 9.17) is 16.1 Å². The third kappa shape index (κ3) is 1.51. The lowest BCUT2D eigenvalue weighted by atomic mass is 10.0. The van der Waals surface area contributed by atoms with Crippen LogP contribution >= 0.6 is 0 Å². The minimum atomic E-state index is -1.27. The van der Waals surface area contributed by atoms with Crippen molar-refractivity contribution in [1.82, 2.24) is 0 Å². The molecule has 0 spiro atoms. The van der Waals surface area contributed by atoms with E-state index in [1.54, 1.807) is 6.07 Å². The van der Waals surface area contributed by atoms with Crippen molar-refractivity contribution in [1.29, 1.82) is 5.26 Å². The molecule has 0 radical (unpaired) electrons. The van der Waals surface area contributed by atoms with Crippen LogP contribution in [0.15, 0.2) is 12.1 Å². The normalized spacial score (nSPS) is 9.43. The summed E-state index contributed by atoms with van der Waals surface area (Å²) in [6, 6.07) is 4.28. The first-order valence-electron chi connectivity index (χ1n) is 3.80. The van der Waals surface area contributed by atoms with Crippen LogP contribution in [-0.4, -0.2) is 16.2 Å². The van der Waals surface area contributed by atoms with Crippen molar-refractivity contribution in [2.45, 2.75) is 6.54 Å². The predicted octanol–water partition coefficient (Wildman–Crippen LogP) is 0.421. The first kappa shape index (κ1) is 10.0. The molecule has 0 aliphatic heterocycles. The first-order valence-corrected chi connectivity index (χ1v) is 3.80. The van der Waals surface area contributed by atoms with Gasteiger partial charge in [-0.25, -0.2) is 4.79 Å². The molecular formula is C9H8N2O3. The third-order valence-electron chi connectivity index (χ3n) is 1.82. The third-order valence-corrected chi connectivity index (χ3v) is 1.82. The van der Waals surface area contributed by atoms with Crippen LogP contribution in [0.2, 0.25) is 0 Å². The summed E-state index contributed by atoms with van der Waals surface area (Å²) in [5.74, 6) is -1.61. The number of phenolic OH excluding ortho intramolecular Hbond substituents is 1. The Kier molecular flexibility index (Phi) is 2.70. The standard InChI is InChI=1S/C9H8N2O3/c10-3-5-1-2-7(12)6(4-11)8(5)9(13)14/h1-2,12H,3,10H2,(H,13,14). The molecule has 5 heteroatoms. The van der Waals surface area contributed by atoms with E-state index in [1.807, 2.05) is 0 Å². The van der Waals surface area contributed by atoms with E-state index in [0.717, 1.165) is 0 Å². The van der Waals surface area contributed by atoms with Gasteiger partial charge in [0.1, 0.15) is 17.4 Å². The van der Waals surface area contributed by atoms with Crippen molar-refractivity contribution in [3.05, 3.63) is 28.8 Å². The highest BCUT2D eigenvalue weighted by Gasteiger charge is 2.17. The summed E-state index contributed by atoms with van der Waals surface area (Å²) in [5.41, 5.74) is 5.16. The molecule has 0 fully saturated rings. The number of rotatable bonds is 2. The van der Waals surface area contributed by atoms with Gasteiger partial charge in [0.05, 0.1) is 5.56 Å². The van der Waals surface area contributed by atoms with Gasteiger partial charge in [0.2, 0.25) is 0 Å². The van der Waals surface area contributed by atoms with Crippen molar-refractivity contribution in [3.8, 4) is 11.8 Å². The largest absolute Gasteiger partial charge is 0.507 e. The van der Waals surface area contributed by atoms with Gasteiger partial charge in [-0.2, -0.15) is 5.26 Å². The van der Waals surface area contributed by atoms with E-state index in [2.05, 4.69) is 0 Å². The maximum absolute atomic E-state index is 10.8. The summed E-state index contributed by atoms with van der Waals surface area (Å²) in [7, 11) is 0. The number of carboxylic acids is 1. The molecule has 0 aromatic heterocycles. The molecule has 0 aliphatic rings. The molecule has 1 aromatic carbocycles. The van der Waals surface area contributed by atoms with Crippen LogP contribution in [0, 0.1) is 11.3 Å². The van der Waals surface area contributed by atoms with Crippen molar-refractivity contribution >= 4 is 5.97 Å². The van der Waals surface area contributed by atoms with Crippen molar-refractivity contribution in [3.63, 3.8) is 0 Å². The Hall–Kier alpha value is -2.06. The number of hydrogen-bond donors (Lipinski definition) is 3. The number of carboxylic acid groups (broad SMARTS) is 1. The van der Waals surface area contributed by atoms with Crippen molar-refractivity contribution < 1.29 is 15.0 Å². The van der Waals surface area contributed by atoms with Gasteiger partial charge in [0.25, 0.3) is 0 Å². The van der Waals surface area contributed by atoms with Crippen molar-refractivity contribution in [2.75, 3.05) is 0 Å². The van der Waals surface area contributed by atoms with E-state index in [-0.39, 0.29) is 23.4 Å². The molecular weight excluding hydrogens is 184 g/mol. The van der Waals surface area contributed by atoms with Crippen LogP contribution in [0.1, 0.15) is 21.5 Å². The molecule has 0 atom stereocenters. The Morgan fingerprint density at radius 2 is 2.21 bits per heavy atom. The second-order valence-electron chi connectivity index (χ2n) is 2.61. The maximum Gasteiger partial charge on any atom is 0.337 e. The average Bonchev–Trinajstić information content (AvgIpc) is 2.17. The molecule has 0 amide bonds. The fourth-order valence-electron chi connectivity index (χ4n) is 1.16. The predicted molar refractivity (Wildman–Crippen MR) is 47.7 cm³/mol. The topological polar surface area (TPSA) is 107 Å². The molecule has 14 heavy (non-hydrogen) atoms. The average molecular weight is 192 g/mol. The molecule has 72 valence electrons. The monoisotopic (exact) mass is 192 g/mol. The summed E-state index contributed by atoms with van der Waals surface area (Å²) < 4.78 is 0. The molecule has 5 nitrogen and oxygen atoms in total. The summed E-state index contributed by atoms with van der Waals surface area (Å²) >= 11 is 0. The lowest BCUT2D eigenvalue weighted by molar-refractivity contribution is 0.0695. The van der Waals surface area contributed by atoms with Crippen LogP contribution < -0.4 is 5.73 Å². The lowest BCUT2D eigenvalue weighted by Gasteiger charge is -2.06. The van der Waals surface area contributed by atoms with E-state index in [1.165, 1.54) is 12.1 Å². The number of nitrogens with zero attached hydrogens (tertiary/aromatic N) is 1. The second kappa shape index (κ2) is 3.77. The Bertz CT molecular complexity index is 421. The molecule has 0 unspecified atom stereocenters. The number of nitrogens with two attached hydrogens (primary N) is 1. The number of nitriles is 1. The van der Waals surface area contributed by atoms with Gasteiger partial charge in [-0.05, 0) is 11.6 Å². The highest BCUT2D eigenvalue weighted by molar-refractivity contribution is 5.93. The van der Waals surface area contributed by atoms with Gasteiger partial charge in [-0.3, -0.25) is 0 Å². The maximum atomic E-state index is 10.8. The van der Waals surface area contributed by atoms with Gasteiger partial charge in [0.15, 0.2) is 0 Å². The molecule has 0 heterocycles. The highest BCUT2D eigenvalue weighted by Crippen LogP contribution is 2.23. The zero-order valence-corrected chi connectivity index (χ0v) is 7.19. The van der Waals surface area contributed by atoms with Crippen LogP contribution in [0.5, 0.6) is 5.75 Å². The van der Waals surface area contributed by atoms with Gasteiger partial charge in [0, 0.05) is 6.54 Å². The Morgan fingerprint density at radius 3 is 2.64 bits per heavy atom. The minimum Gasteiger partial charge on any atom is -0.507 e. The SMILES string of the molecule is N#Cc1c(O)ccc(CN)c1C(=O)O. The molecule has 0 aliphatic carbocycles. The Morgan fingerprint density at radius 1 is 1.57 bits per heavy atom. The molecule has 1 rings (SSSR count). The van der Waals surface area contributed by atoms with E-state index >= 15 is 0 Å². The molecule has 0 saturated carbocycles. The minimum absolute atomic E-state index is 0.0105. The van der Waals surface area contributed by atoms with Gasteiger partial charge >= 0.3 is 5.97 Å². The first-order chi connectivity index (χ1) is 6.61. The van der Waals surface area contributed by atoms with Gasteiger partial charge < -0.3 is 15.9 Å². The summed E-state index contributed by atoms with van der Waals surface area (Å²) in [6.45, 7) is 0.0105. The number of phenols is 1. The zero-order chi connectivity index (χ0) is 10.7. The van der Waals surface area contributed by atoms with Crippen LogP contribution in [0.25, 0.3) is 0 Å². The van der Waals surface area contributed by atoms with Crippen molar-refractivity contribution in [2.24, 2.45) is 5.73 Å². The summed E-state index contributed by atoms with van der Waals surface area (Å²) in [5, 5.41) is 26.7. The van der Waals surface area contributed by atoms with Gasteiger partial charge in [-0.1, -0.05) is 6.07 Å². The van der Waals surface area contributed by atoms with Crippen LogP contribution in [-0.2, 0) is 6.54 Å². The van der Waals surface area contributed by atoms with E-state index in [0.29, 0.717) is 5.56 Å². The second-order valence-corrected chi connectivity index (χ2v) is 2.61. The smallest absolute Gasteiger partial charge is 0.337 e. The van der Waals surface area contributed by atoms with E-state index < -0.39 is 5.97 Å². The van der Waals surface area contributed by atoms with E-state index in [9.17, 15) is 9.90 Å².